The maximum atomic E-state index is 13.4. The van der Waals surface area contributed by atoms with Crippen LogP contribution in [0.4, 0.5) is 0 Å². The first kappa shape index (κ1) is 29.8. The summed E-state index contributed by atoms with van der Waals surface area (Å²) in [7, 11) is 0. The van der Waals surface area contributed by atoms with Crippen LogP contribution >= 0.6 is 23.4 Å². The van der Waals surface area contributed by atoms with Crippen molar-refractivity contribution in [1.29, 1.82) is 0 Å². The Hall–Kier alpha value is -1.20. The van der Waals surface area contributed by atoms with Gasteiger partial charge in [-0.25, -0.2) is 0 Å². The van der Waals surface area contributed by atoms with Crippen molar-refractivity contribution in [3.05, 3.63) is 28.3 Å². The van der Waals surface area contributed by atoms with Gasteiger partial charge in [-0.3, -0.25) is 9.59 Å². The molecule has 2 amide bonds. The maximum absolute atomic E-state index is 13.4. The third-order valence-electron chi connectivity index (χ3n) is 9.58. The minimum atomic E-state index is -0.206. The molecular formula is C32H49ClN2O2S. The standard InChI is InChI=1S/C32H49ClN2O2S/c1-22-20-32(3,24-14-10-7-5-4-6-8-11-15-24)35-31(37)28(22)21-34-30(36)27-18-25(33)19-29(23(27)2)38-26-16-12-9-13-17-26/h18-19,22,24,26,28H,4-17,20-21H2,1-3H3,(H,34,36)(H,35,37). The van der Waals surface area contributed by atoms with E-state index in [1.54, 1.807) is 6.07 Å². The lowest BCUT2D eigenvalue weighted by atomic mass is 9.68. The summed E-state index contributed by atoms with van der Waals surface area (Å²) in [6, 6.07) is 3.78. The number of amides is 2. The first-order valence-electron chi connectivity index (χ1n) is 15.3. The third-order valence-corrected chi connectivity index (χ3v) is 11.3. The number of piperidine rings is 1. The van der Waals surface area contributed by atoms with Gasteiger partial charge < -0.3 is 10.6 Å². The predicted molar refractivity (Wildman–Crippen MR) is 160 cm³/mol. The van der Waals surface area contributed by atoms with E-state index in [4.69, 9.17) is 11.6 Å². The second-order valence-corrected chi connectivity index (χ2v) is 14.4. The average Bonchev–Trinajstić information content (AvgIpc) is 2.89. The minimum absolute atomic E-state index is 0.0972. The number of hydrogen-bond acceptors (Lipinski definition) is 3. The van der Waals surface area contributed by atoms with E-state index in [-0.39, 0.29) is 29.2 Å². The van der Waals surface area contributed by atoms with Gasteiger partial charge in [-0.05, 0) is 75.5 Å². The van der Waals surface area contributed by atoms with E-state index in [0.29, 0.717) is 28.3 Å². The fourth-order valence-electron chi connectivity index (χ4n) is 7.18. The summed E-state index contributed by atoms with van der Waals surface area (Å²) >= 11 is 8.34. The normalized spacial score (nSPS) is 28.5. The SMILES string of the molecule is Cc1c(SC2CCCCC2)cc(Cl)cc1C(=O)NCC1C(=O)NC(C)(C2CCCCCCCCC2)CC1C. The highest BCUT2D eigenvalue weighted by Gasteiger charge is 2.44. The molecule has 1 aromatic rings. The van der Waals surface area contributed by atoms with E-state index in [0.717, 1.165) is 16.9 Å². The molecular weight excluding hydrogens is 512 g/mol. The maximum Gasteiger partial charge on any atom is 0.251 e. The highest BCUT2D eigenvalue weighted by atomic mass is 35.5. The van der Waals surface area contributed by atoms with Crippen molar-refractivity contribution in [3.63, 3.8) is 0 Å². The van der Waals surface area contributed by atoms with Crippen molar-refractivity contribution in [2.75, 3.05) is 6.54 Å². The van der Waals surface area contributed by atoms with Gasteiger partial charge >= 0.3 is 0 Å². The van der Waals surface area contributed by atoms with Crippen LogP contribution < -0.4 is 10.6 Å². The van der Waals surface area contributed by atoms with Crippen molar-refractivity contribution >= 4 is 35.2 Å². The molecule has 0 aromatic heterocycles. The predicted octanol–water partition coefficient (Wildman–Crippen LogP) is 8.47. The number of carbonyl (C=O) groups is 2. The van der Waals surface area contributed by atoms with Crippen LogP contribution in [-0.2, 0) is 4.79 Å². The molecule has 4 rings (SSSR count). The van der Waals surface area contributed by atoms with E-state index < -0.39 is 0 Å². The summed E-state index contributed by atoms with van der Waals surface area (Å²) in [4.78, 5) is 27.8. The number of thioether (sulfide) groups is 1. The van der Waals surface area contributed by atoms with Crippen LogP contribution in [0.15, 0.2) is 17.0 Å². The van der Waals surface area contributed by atoms with Gasteiger partial charge in [-0.15, -0.1) is 11.8 Å². The topological polar surface area (TPSA) is 58.2 Å². The van der Waals surface area contributed by atoms with Crippen LogP contribution in [0.3, 0.4) is 0 Å². The van der Waals surface area contributed by atoms with Crippen LogP contribution in [0.25, 0.3) is 0 Å². The van der Waals surface area contributed by atoms with Gasteiger partial charge in [-0.1, -0.05) is 82.7 Å². The van der Waals surface area contributed by atoms with Crippen molar-refractivity contribution in [3.8, 4) is 0 Å². The Kier molecular flexibility index (Phi) is 10.9. The van der Waals surface area contributed by atoms with Gasteiger partial charge in [0.15, 0.2) is 0 Å². The molecule has 2 saturated carbocycles. The summed E-state index contributed by atoms with van der Waals surface area (Å²) < 4.78 is 0. The number of halogens is 1. The van der Waals surface area contributed by atoms with Crippen molar-refractivity contribution in [2.24, 2.45) is 17.8 Å². The molecule has 0 bridgehead atoms. The molecule has 212 valence electrons. The van der Waals surface area contributed by atoms with Crippen LogP contribution in [0, 0.1) is 24.7 Å². The lowest BCUT2D eigenvalue weighted by Crippen LogP contribution is -2.60. The number of hydrogen-bond donors (Lipinski definition) is 2. The van der Waals surface area contributed by atoms with Crippen LogP contribution in [0.5, 0.6) is 0 Å². The largest absolute Gasteiger partial charge is 0.351 e. The molecule has 3 unspecified atom stereocenters. The number of carbonyl (C=O) groups excluding carboxylic acids is 2. The van der Waals surface area contributed by atoms with Gasteiger partial charge in [-0.2, -0.15) is 0 Å². The van der Waals surface area contributed by atoms with Crippen molar-refractivity contribution < 1.29 is 9.59 Å². The zero-order valence-corrected chi connectivity index (χ0v) is 25.5. The molecule has 2 aliphatic carbocycles. The summed E-state index contributed by atoms with van der Waals surface area (Å²) in [5.74, 6) is 0.525. The van der Waals surface area contributed by atoms with Crippen molar-refractivity contribution in [1.82, 2.24) is 10.6 Å². The molecule has 6 heteroatoms. The molecule has 1 aromatic carbocycles. The quantitative estimate of drug-likeness (QED) is 0.367. The Labute approximate surface area is 240 Å². The molecule has 3 aliphatic rings. The molecule has 38 heavy (non-hydrogen) atoms. The first-order chi connectivity index (χ1) is 18.3. The molecule has 0 spiro atoms. The number of rotatable bonds is 6. The second kappa shape index (κ2) is 13.9. The van der Waals surface area contributed by atoms with Crippen molar-refractivity contribution in [2.45, 2.75) is 133 Å². The third kappa shape index (κ3) is 7.71. The van der Waals surface area contributed by atoms with E-state index in [1.165, 1.54) is 89.9 Å². The fraction of sp³-hybridized carbons (Fsp3) is 0.750. The molecule has 2 N–H and O–H groups in total. The number of benzene rings is 1. The lowest BCUT2D eigenvalue weighted by molar-refractivity contribution is -0.133. The monoisotopic (exact) mass is 560 g/mol. The molecule has 1 aliphatic heterocycles. The lowest BCUT2D eigenvalue weighted by Gasteiger charge is -2.47. The fourth-order valence-corrected chi connectivity index (χ4v) is 8.87. The Balaban J connectivity index is 1.37. The second-order valence-electron chi connectivity index (χ2n) is 12.6. The molecule has 3 fully saturated rings. The van der Waals surface area contributed by atoms with Crippen LogP contribution in [-0.4, -0.2) is 29.1 Å². The highest BCUT2D eigenvalue weighted by Crippen LogP contribution is 2.40. The van der Waals surface area contributed by atoms with Gasteiger partial charge in [0, 0.05) is 32.8 Å². The minimum Gasteiger partial charge on any atom is -0.351 e. The van der Waals surface area contributed by atoms with Gasteiger partial charge in [0.1, 0.15) is 0 Å². The zero-order valence-electron chi connectivity index (χ0n) is 23.9. The number of nitrogens with one attached hydrogen (secondary N) is 2. The Morgan fingerprint density at radius 1 is 1.00 bits per heavy atom. The summed E-state index contributed by atoms with van der Waals surface area (Å²) in [6.07, 6.45) is 19.0. The molecule has 3 atom stereocenters. The molecule has 4 nitrogen and oxygen atoms in total. The van der Waals surface area contributed by atoms with E-state index in [2.05, 4.69) is 24.5 Å². The van der Waals surface area contributed by atoms with Crippen LogP contribution in [0.1, 0.15) is 126 Å². The average molecular weight is 561 g/mol. The Morgan fingerprint density at radius 3 is 2.21 bits per heavy atom. The summed E-state index contributed by atoms with van der Waals surface area (Å²) in [6.45, 7) is 6.85. The first-order valence-corrected chi connectivity index (χ1v) is 16.6. The highest BCUT2D eigenvalue weighted by molar-refractivity contribution is 8.00. The van der Waals surface area contributed by atoms with E-state index in [1.807, 2.05) is 24.8 Å². The zero-order chi connectivity index (χ0) is 27.1. The van der Waals surface area contributed by atoms with Gasteiger partial charge in [0.2, 0.25) is 5.91 Å². The van der Waals surface area contributed by atoms with Gasteiger partial charge in [0.05, 0.1) is 5.92 Å². The van der Waals surface area contributed by atoms with Crippen LogP contribution in [0.2, 0.25) is 5.02 Å². The Bertz CT molecular complexity index is 953. The summed E-state index contributed by atoms with van der Waals surface area (Å²) in [5.41, 5.74) is 1.48. The van der Waals surface area contributed by atoms with E-state index >= 15 is 0 Å². The summed E-state index contributed by atoms with van der Waals surface area (Å²) in [5, 5.41) is 7.75. The smallest absolute Gasteiger partial charge is 0.251 e. The van der Waals surface area contributed by atoms with Gasteiger partial charge in [0.25, 0.3) is 5.91 Å². The van der Waals surface area contributed by atoms with E-state index in [9.17, 15) is 9.59 Å². The Morgan fingerprint density at radius 2 is 1.58 bits per heavy atom. The molecule has 1 saturated heterocycles. The molecule has 1 heterocycles. The molecule has 0 radical (unpaired) electrons.